The molecule has 6 nitrogen and oxygen atoms in total. The van der Waals surface area contributed by atoms with Crippen molar-refractivity contribution in [2.75, 3.05) is 26.6 Å². The molecule has 0 aromatic heterocycles. The van der Waals surface area contributed by atoms with Gasteiger partial charge in [-0.25, -0.2) is 0 Å². The molecule has 0 saturated heterocycles. The topological polar surface area (TPSA) is 76.7 Å². The van der Waals surface area contributed by atoms with Crippen molar-refractivity contribution in [2.24, 2.45) is 0 Å². The minimum absolute atomic E-state index is 0.165. The number of rotatable bonds is 6. The summed E-state index contributed by atoms with van der Waals surface area (Å²) in [5, 5.41) is 5.62. The van der Waals surface area contributed by atoms with E-state index >= 15 is 0 Å². The molecule has 136 valence electrons. The fraction of sp³-hybridized carbons (Fsp3) is 0.158. The van der Waals surface area contributed by atoms with E-state index in [1.807, 2.05) is 0 Å². The Hall–Kier alpha value is -2.99. The molecule has 0 saturated carbocycles. The smallest absolute Gasteiger partial charge is 0.251 e. The average molecular weight is 375 g/mol. The van der Waals surface area contributed by atoms with Crippen molar-refractivity contribution >= 4 is 35.2 Å². The van der Waals surface area contributed by atoms with Crippen LogP contribution in [-0.2, 0) is 4.79 Å². The van der Waals surface area contributed by atoms with E-state index in [0.717, 1.165) is 5.56 Å². The van der Waals surface area contributed by atoms with E-state index in [-0.39, 0.29) is 11.8 Å². The Kier molecular flexibility index (Phi) is 6.63. The van der Waals surface area contributed by atoms with Crippen molar-refractivity contribution in [3.05, 3.63) is 58.6 Å². The Labute approximate surface area is 156 Å². The number of carbonyl (C=O) groups is 2. The highest BCUT2D eigenvalue weighted by Gasteiger charge is 2.11. The Bertz CT molecular complexity index is 832. The predicted molar refractivity (Wildman–Crippen MR) is 102 cm³/mol. The number of amides is 2. The zero-order chi connectivity index (χ0) is 19.1. The predicted octanol–water partition coefficient (Wildman–Crippen LogP) is 3.37. The molecule has 0 spiro atoms. The van der Waals surface area contributed by atoms with Crippen molar-refractivity contribution in [1.29, 1.82) is 0 Å². The van der Waals surface area contributed by atoms with Crippen LogP contribution in [0.1, 0.15) is 15.9 Å². The Morgan fingerprint density at radius 2 is 1.69 bits per heavy atom. The first-order valence-corrected chi connectivity index (χ1v) is 8.09. The summed E-state index contributed by atoms with van der Waals surface area (Å²) in [6, 6.07) is 10.0. The zero-order valence-corrected chi connectivity index (χ0v) is 15.4. The lowest BCUT2D eigenvalue weighted by atomic mass is 10.1. The number of hydrogen-bond acceptors (Lipinski definition) is 4. The molecule has 0 aliphatic heterocycles. The Balaban J connectivity index is 2.10. The molecular formula is C19H19ClN2O4. The normalized spacial score (nSPS) is 10.5. The minimum Gasteiger partial charge on any atom is -0.495 e. The van der Waals surface area contributed by atoms with Gasteiger partial charge in [0.1, 0.15) is 11.5 Å². The summed E-state index contributed by atoms with van der Waals surface area (Å²) in [5.74, 6) is 0.373. The van der Waals surface area contributed by atoms with E-state index < -0.39 is 0 Å². The fourth-order valence-corrected chi connectivity index (χ4v) is 2.43. The van der Waals surface area contributed by atoms with Gasteiger partial charge in [-0.3, -0.25) is 9.59 Å². The van der Waals surface area contributed by atoms with Gasteiger partial charge in [0.2, 0.25) is 5.91 Å². The summed E-state index contributed by atoms with van der Waals surface area (Å²) in [6.07, 6.45) is 3.02. The van der Waals surface area contributed by atoms with Crippen molar-refractivity contribution in [1.82, 2.24) is 5.32 Å². The van der Waals surface area contributed by atoms with Crippen molar-refractivity contribution in [2.45, 2.75) is 0 Å². The molecule has 7 heteroatoms. The first-order valence-electron chi connectivity index (χ1n) is 7.71. The van der Waals surface area contributed by atoms with E-state index in [1.165, 1.54) is 20.3 Å². The van der Waals surface area contributed by atoms with Crippen LogP contribution in [-0.4, -0.2) is 33.1 Å². The maximum absolute atomic E-state index is 12.1. The SMILES string of the molecule is CNC(=O)c1ccc(/C=C/C(=O)Nc2cc(Cl)c(OC)cc2OC)cc1. The van der Waals surface area contributed by atoms with Gasteiger partial charge in [0.05, 0.1) is 24.9 Å². The summed E-state index contributed by atoms with van der Waals surface area (Å²) in [4.78, 5) is 23.7. The third-order valence-corrected chi connectivity index (χ3v) is 3.85. The summed E-state index contributed by atoms with van der Waals surface area (Å²) in [5.41, 5.74) is 1.77. The van der Waals surface area contributed by atoms with Gasteiger partial charge in [-0.2, -0.15) is 0 Å². The summed E-state index contributed by atoms with van der Waals surface area (Å²) >= 11 is 6.08. The molecule has 0 fully saturated rings. The Morgan fingerprint density at radius 1 is 1.04 bits per heavy atom. The van der Waals surface area contributed by atoms with Crippen molar-refractivity contribution in [3.8, 4) is 11.5 Å². The quantitative estimate of drug-likeness (QED) is 0.760. The number of anilines is 1. The third kappa shape index (κ3) is 4.77. The van der Waals surface area contributed by atoms with Crippen LogP contribution in [0.3, 0.4) is 0 Å². The molecule has 0 radical (unpaired) electrons. The lowest BCUT2D eigenvalue weighted by Gasteiger charge is -2.12. The van der Waals surface area contributed by atoms with Crippen molar-refractivity contribution < 1.29 is 19.1 Å². The van der Waals surface area contributed by atoms with E-state index in [2.05, 4.69) is 10.6 Å². The summed E-state index contributed by atoms with van der Waals surface area (Å²) in [7, 11) is 4.55. The highest BCUT2D eigenvalue weighted by atomic mass is 35.5. The van der Waals surface area contributed by atoms with E-state index in [4.69, 9.17) is 21.1 Å². The van der Waals surface area contributed by atoms with Gasteiger partial charge in [0.25, 0.3) is 5.91 Å². The Morgan fingerprint density at radius 3 is 2.27 bits per heavy atom. The van der Waals surface area contributed by atoms with Crippen LogP contribution >= 0.6 is 11.6 Å². The van der Waals surface area contributed by atoms with Crippen molar-refractivity contribution in [3.63, 3.8) is 0 Å². The van der Waals surface area contributed by atoms with Gasteiger partial charge < -0.3 is 20.1 Å². The monoisotopic (exact) mass is 374 g/mol. The van der Waals surface area contributed by atoms with Crippen LogP contribution in [0.25, 0.3) is 6.08 Å². The molecule has 26 heavy (non-hydrogen) atoms. The standard InChI is InChI=1S/C19H19ClN2O4/c1-21-19(24)13-7-4-12(5-8-13)6-9-18(23)22-15-10-14(20)16(25-2)11-17(15)26-3/h4-11H,1-3H3,(H,21,24)(H,22,23)/b9-6+. The van der Waals surface area contributed by atoms with Gasteiger partial charge in [-0.15, -0.1) is 0 Å². The summed E-state index contributed by atoms with van der Waals surface area (Å²) < 4.78 is 10.4. The molecule has 0 atom stereocenters. The van der Waals surface area contributed by atoms with Crippen LogP contribution in [0.5, 0.6) is 11.5 Å². The molecule has 0 heterocycles. The second-order valence-electron chi connectivity index (χ2n) is 5.21. The molecule has 0 bridgehead atoms. The van der Waals surface area contributed by atoms with Gasteiger partial charge in [-0.05, 0) is 29.8 Å². The fourth-order valence-electron chi connectivity index (χ4n) is 2.19. The first-order chi connectivity index (χ1) is 12.5. The van der Waals surface area contributed by atoms with Gasteiger partial charge >= 0.3 is 0 Å². The van der Waals surface area contributed by atoms with Gasteiger partial charge in [0.15, 0.2) is 0 Å². The second kappa shape index (κ2) is 8.92. The average Bonchev–Trinajstić information content (AvgIpc) is 2.66. The zero-order valence-electron chi connectivity index (χ0n) is 14.6. The number of methoxy groups -OCH3 is 2. The molecule has 0 aliphatic carbocycles. The molecule has 2 aromatic rings. The van der Waals surface area contributed by atoms with Gasteiger partial charge in [-0.1, -0.05) is 23.7 Å². The number of hydrogen-bond donors (Lipinski definition) is 2. The number of halogens is 1. The highest BCUT2D eigenvalue weighted by Crippen LogP contribution is 2.35. The lowest BCUT2D eigenvalue weighted by Crippen LogP contribution is -2.17. The molecule has 2 N–H and O–H groups in total. The number of ether oxygens (including phenoxy) is 2. The van der Waals surface area contributed by atoms with Crippen LogP contribution in [0, 0.1) is 0 Å². The maximum Gasteiger partial charge on any atom is 0.251 e. The maximum atomic E-state index is 12.1. The van der Waals surface area contributed by atoms with E-state index in [9.17, 15) is 9.59 Å². The second-order valence-corrected chi connectivity index (χ2v) is 5.62. The van der Waals surface area contributed by atoms with Gasteiger partial charge in [0, 0.05) is 24.8 Å². The molecule has 2 aromatic carbocycles. The van der Waals surface area contributed by atoms with E-state index in [0.29, 0.717) is 27.8 Å². The number of carbonyl (C=O) groups excluding carboxylic acids is 2. The molecular weight excluding hydrogens is 356 g/mol. The molecule has 2 amide bonds. The minimum atomic E-state index is -0.347. The molecule has 0 unspecified atom stereocenters. The molecule has 2 rings (SSSR count). The number of benzene rings is 2. The number of nitrogens with one attached hydrogen (secondary N) is 2. The first kappa shape index (κ1) is 19.3. The van der Waals surface area contributed by atoms with Crippen LogP contribution < -0.4 is 20.1 Å². The van der Waals surface area contributed by atoms with Crippen LogP contribution in [0.15, 0.2) is 42.5 Å². The third-order valence-electron chi connectivity index (χ3n) is 3.56. The summed E-state index contributed by atoms with van der Waals surface area (Å²) in [6.45, 7) is 0. The lowest BCUT2D eigenvalue weighted by molar-refractivity contribution is -0.111. The molecule has 0 aliphatic rings. The van der Waals surface area contributed by atoms with Crippen LogP contribution in [0.4, 0.5) is 5.69 Å². The highest BCUT2D eigenvalue weighted by molar-refractivity contribution is 6.32. The van der Waals surface area contributed by atoms with E-state index in [1.54, 1.807) is 49.5 Å². The largest absolute Gasteiger partial charge is 0.495 e. The van der Waals surface area contributed by atoms with Crippen LogP contribution in [0.2, 0.25) is 5.02 Å².